The van der Waals surface area contributed by atoms with Crippen LogP contribution in [0.4, 0.5) is 5.69 Å². The zero-order valence-electron chi connectivity index (χ0n) is 10.4. The first-order chi connectivity index (χ1) is 9.33. The van der Waals surface area contributed by atoms with Crippen molar-refractivity contribution in [3.63, 3.8) is 0 Å². The fourth-order valence-corrected chi connectivity index (χ4v) is 1.73. The molecule has 96 valence electrons. The smallest absolute Gasteiger partial charge is 0.0858 e. The Kier molecular flexibility index (Phi) is 2.93. The highest BCUT2D eigenvalue weighted by molar-refractivity contribution is 5.48. The third kappa shape index (κ3) is 2.44. The lowest BCUT2D eigenvalue weighted by Crippen LogP contribution is -2.05. The van der Waals surface area contributed by atoms with Crippen LogP contribution in [-0.2, 0) is 13.6 Å². The maximum atomic E-state index is 4.08. The van der Waals surface area contributed by atoms with Crippen molar-refractivity contribution in [3.8, 4) is 5.69 Å². The number of benzene rings is 1. The molecule has 2 aromatic heterocycles. The number of nitrogens with one attached hydrogen (secondary N) is 1. The molecular weight excluding hydrogens is 242 g/mol. The second-order valence-corrected chi connectivity index (χ2v) is 4.07. The fourth-order valence-electron chi connectivity index (χ4n) is 1.73. The Labute approximate surface area is 109 Å². The lowest BCUT2D eigenvalue weighted by molar-refractivity contribution is 0.683. The Morgan fingerprint density at radius 1 is 1.11 bits per heavy atom. The molecule has 0 saturated heterocycles. The van der Waals surface area contributed by atoms with Crippen LogP contribution < -0.4 is 5.32 Å². The van der Waals surface area contributed by atoms with E-state index < -0.39 is 0 Å². The van der Waals surface area contributed by atoms with Gasteiger partial charge in [0, 0.05) is 12.7 Å². The molecule has 19 heavy (non-hydrogen) atoms. The maximum Gasteiger partial charge on any atom is 0.0858 e. The quantitative estimate of drug-likeness (QED) is 0.753. The molecule has 0 aliphatic carbocycles. The Morgan fingerprint density at radius 2 is 1.84 bits per heavy atom. The first-order valence-corrected chi connectivity index (χ1v) is 5.87. The van der Waals surface area contributed by atoms with Gasteiger partial charge < -0.3 is 5.32 Å². The van der Waals surface area contributed by atoms with E-state index in [0.717, 1.165) is 17.1 Å². The second-order valence-electron chi connectivity index (χ2n) is 4.07. The number of aromatic nitrogens is 6. The Bertz CT molecular complexity index is 639. The summed E-state index contributed by atoms with van der Waals surface area (Å²) in [6, 6.07) is 7.90. The average Bonchev–Trinajstić information content (AvgIpc) is 3.09. The van der Waals surface area contributed by atoms with Crippen LogP contribution in [0.3, 0.4) is 0 Å². The van der Waals surface area contributed by atoms with Crippen LogP contribution >= 0.6 is 0 Å². The molecule has 3 aromatic rings. The summed E-state index contributed by atoms with van der Waals surface area (Å²) in [6.45, 7) is 0.683. The Morgan fingerprint density at radius 3 is 2.47 bits per heavy atom. The number of anilines is 1. The van der Waals surface area contributed by atoms with Crippen LogP contribution in [0.15, 0.2) is 42.9 Å². The normalized spacial score (nSPS) is 10.6. The number of nitrogens with zero attached hydrogens (tertiary/aromatic N) is 6. The molecule has 0 unspecified atom stereocenters. The second kappa shape index (κ2) is 4.89. The van der Waals surface area contributed by atoms with Gasteiger partial charge in [0.2, 0.25) is 0 Å². The monoisotopic (exact) mass is 255 g/mol. The molecule has 1 aromatic carbocycles. The van der Waals surface area contributed by atoms with Crippen molar-refractivity contribution in [1.82, 2.24) is 30.0 Å². The summed E-state index contributed by atoms with van der Waals surface area (Å²) < 4.78 is 1.75. The van der Waals surface area contributed by atoms with Crippen molar-refractivity contribution >= 4 is 5.69 Å². The van der Waals surface area contributed by atoms with Crippen molar-refractivity contribution < 1.29 is 0 Å². The number of hydrogen-bond donors (Lipinski definition) is 1. The van der Waals surface area contributed by atoms with E-state index in [2.05, 4.69) is 25.8 Å². The van der Waals surface area contributed by atoms with Crippen molar-refractivity contribution in [3.05, 3.63) is 48.5 Å². The lowest BCUT2D eigenvalue weighted by atomic mass is 10.3. The summed E-state index contributed by atoms with van der Waals surface area (Å²) in [5.74, 6) is 0. The largest absolute Gasteiger partial charge is 0.379 e. The van der Waals surface area contributed by atoms with Crippen LogP contribution in [0, 0.1) is 0 Å². The third-order valence-electron chi connectivity index (χ3n) is 2.80. The summed E-state index contributed by atoms with van der Waals surface area (Å²) in [6.07, 6.45) is 5.05. The average molecular weight is 255 g/mol. The molecule has 0 aliphatic rings. The van der Waals surface area contributed by atoms with Gasteiger partial charge in [-0.3, -0.25) is 4.68 Å². The Balaban J connectivity index is 1.68. The molecule has 3 rings (SSSR count). The molecule has 0 saturated carbocycles. The van der Waals surface area contributed by atoms with Crippen molar-refractivity contribution in [2.45, 2.75) is 6.54 Å². The van der Waals surface area contributed by atoms with Crippen molar-refractivity contribution in [2.24, 2.45) is 7.05 Å². The molecule has 0 radical (unpaired) electrons. The summed E-state index contributed by atoms with van der Waals surface area (Å²) >= 11 is 0. The van der Waals surface area contributed by atoms with Crippen molar-refractivity contribution in [1.29, 1.82) is 0 Å². The highest BCUT2D eigenvalue weighted by atomic mass is 15.5. The predicted molar refractivity (Wildman–Crippen MR) is 69.7 cm³/mol. The molecule has 7 heteroatoms. The standard InChI is InChI=1S/C12H13N7/c1-18-12(9-14-17-18)8-13-10-2-4-11(5-3-10)19-15-6-7-16-19/h2-7,9,13H,8H2,1H3. The van der Waals surface area contributed by atoms with Gasteiger partial charge in [-0.1, -0.05) is 5.21 Å². The van der Waals surface area contributed by atoms with Crippen molar-refractivity contribution in [2.75, 3.05) is 5.32 Å². The summed E-state index contributed by atoms with van der Waals surface area (Å²) in [4.78, 5) is 1.58. The summed E-state index contributed by atoms with van der Waals surface area (Å²) in [5.41, 5.74) is 2.98. The molecule has 0 atom stereocenters. The first kappa shape index (κ1) is 11.4. The minimum absolute atomic E-state index is 0.683. The van der Waals surface area contributed by atoms with E-state index in [4.69, 9.17) is 0 Å². The molecule has 0 bridgehead atoms. The zero-order valence-corrected chi connectivity index (χ0v) is 10.4. The van der Waals surface area contributed by atoms with E-state index in [-0.39, 0.29) is 0 Å². The van der Waals surface area contributed by atoms with Crippen LogP contribution in [-0.4, -0.2) is 30.0 Å². The topological polar surface area (TPSA) is 73.5 Å². The molecule has 0 spiro atoms. The van der Waals surface area contributed by atoms with E-state index in [0.29, 0.717) is 6.54 Å². The van der Waals surface area contributed by atoms with Gasteiger partial charge in [0.05, 0.1) is 36.5 Å². The molecule has 2 heterocycles. The minimum atomic E-state index is 0.683. The van der Waals surface area contributed by atoms with Crippen LogP contribution in [0.5, 0.6) is 0 Å². The molecule has 7 nitrogen and oxygen atoms in total. The van der Waals surface area contributed by atoms with Gasteiger partial charge in [-0.15, -0.1) is 5.10 Å². The number of rotatable bonds is 4. The molecule has 0 amide bonds. The number of hydrogen-bond acceptors (Lipinski definition) is 5. The molecule has 0 fully saturated rings. The minimum Gasteiger partial charge on any atom is -0.379 e. The molecular formula is C12H13N7. The van der Waals surface area contributed by atoms with E-state index in [1.165, 1.54) is 0 Å². The highest BCUT2D eigenvalue weighted by Gasteiger charge is 2.01. The SMILES string of the molecule is Cn1nncc1CNc1ccc(-n2nccn2)cc1. The summed E-state index contributed by atoms with van der Waals surface area (Å²) in [7, 11) is 1.87. The van der Waals surface area contributed by atoms with Gasteiger partial charge >= 0.3 is 0 Å². The van der Waals surface area contributed by atoms with E-state index in [1.54, 1.807) is 28.1 Å². The van der Waals surface area contributed by atoms with Gasteiger partial charge in [-0.05, 0) is 24.3 Å². The fraction of sp³-hybridized carbons (Fsp3) is 0.167. The zero-order chi connectivity index (χ0) is 13.1. The highest BCUT2D eigenvalue weighted by Crippen LogP contribution is 2.12. The molecule has 1 N–H and O–H groups in total. The van der Waals surface area contributed by atoms with Crippen LogP contribution in [0.2, 0.25) is 0 Å². The Hall–Kier alpha value is -2.70. The van der Waals surface area contributed by atoms with Crippen LogP contribution in [0.1, 0.15) is 5.69 Å². The van der Waals surface area contributed by atoms with Gasteiger partial charge in [0.1, 0.15) is 0 Å². The predicted octanol–water partition coefficient (Wildman–Crippen LogP) is 1.01. The lowest BCUT2D eigenvalue weighted by Gasteiger charge is -2.07. The molecule has 0 aliphatic heterocycles. The van der Waals surface area contributed by atoms with E-state index in [9.17, 15) is 0 Å². The number of aryl methyl sites for hydroxylation is 1. The van der Waals surface area contributed by atoms with Gasteiger partial charge in [-0.25, -0.2) is 0 Å². The van der Waals surface area contributed by atoms with E-state index >= 15 is 0 Å². The van der Waals surface area contributed by atoms with Gasteiger partial charge in [0.15, 0.2) is 0 Å². The van der Waals surface area contributed by atoms with Gasteiger partial charge in [-0.2, -0.15) is 15.0 Å². The van der Waals surface area contributed by atoms with Crippen LogP contribution in [0.25, 0.3) is 5.69 Å². The third-order valence-corrected chi connectivity index (χ3v) is 2.80. The van der Waals surface area contributed by atoms with E-state index in [1.807, 2.05) is 31.3 Å². The van der Waals surface area contributed by atoms with Gasteiger partial charge in [0.25, 0.3) is 0 Å². The maximum absolute atomic E-state index is 4.08. The first-order valence-electron chi connectivity index (χ1n) is 5.87. The summed E-state index contributed by atoms with van der Waals surface area (Å²) in [5, 5.41) is 19.2.